The molecular formula is C24H25N3O4S. The lowest BCUT2D eigenvalue weighted by atomic mass is 9.86. The van der Waals surface area contributed by atoms with Gasteiger partial charge in [-0.3, -0.25) is 9.59 Å². The molecule has 1 aromatic heterocycles. The Bertz CT molecular complexity index is 1190. The van der Waals surface area contributed by atoms with Gasteiger partial charge in [0.05, 0.1) is 12.7 Å². The van der Waals surface area contributed by atoms with Gasteiger partial charge in [-0.15, -0.1) is 0 Å². The number of amides is 1. The van der Waals surface area contributed by atoms with Crippen molar-refractivity contribution < 1.29 is 14.3 Å². The van der Waals surface area contributed by atoms with Crippen molar-refractivity contribution in [1.82, 2.24) is 9.55 Å². The number of nitrogens with one attached hydrogen (secondary N) is 1. The van der Waals surface area contributed by atoms with E-state index in [4.69, 9.17) is 9.47 Å². The van der Waals surface area contributed by atoms with Crippen molar-refractivity contribution in [3.05, 3.63) is 75.6 Å². The number of carbonyl (C=O) groups is 1. The molecule has 166 valence electrons. The summed E-state index contributed by atoms with van der Waals surface area (Å²) in [5.41, 5.74) is 2.03. The summed E-state index contributed by atoms with van der Waals surface area (Å²) in [5.74, 6) is 1.88. The topological polar surface area (TPSA) is 82.5 Å². The van der Waals surface area contributed by atoms with E-state index in [1.807, 2.05) is 62.5 Å². The maximum atomic E-state index is 12.9. The van der Waals surface area contributed by atoms with E-state index in [0.29, 0.717) is 34.6 Å². The van der Waals surface area contributed by atoms with E-state index in [9.17, 15) is 9.59 Å². The Balaban J connectivity index is 1.69. The van der Waals surface area contributed by atoms with E-state index in [2.05, 4.69) is 10.3 Å². The molecule has 2 heterocycles. The van der Waals surface area contributed by atoms with Crippen LogP contribution in [0.15, 0.2) is 58.5 Å². The number of benzene rings is 2. The van der Waals surface area contributed by atoms with Gasteiger partial charge in [-0.25, -0.2) is 0 Å². The second-order valence-corrected chi connectivity index (χ2v) is 8.67. The average molecular weight is 452 g/mol. The Labute approximate surface area is 190 Å². The number of hydrogen-bond donors (Lipinski definition) is 1. The smallest absolute Gasteiger partial charge is 0.279 e. The van der Waals surface area contributed by atoms with Gasteiger partial charge in [0.1, 0.15) is 12.4 Å². The second kappa shape index (κ2) is 9.48. The van der Waals surface area contributed by atoms with Crippen LogP contribution < -0.4 is 20.3 Å². The molecule has 0 saturated heterocycles. The monoisotopic (exact) mass is 451 g/mol. The summed E-state index contributed by atoms with van der Waals surface area (Å²) < 4.78 is 13.3. The van der Waals surface area contributed by atoms with Gasteiger partial charge in [0.25, 0.3) is 5.56 Å². The minimum absolute atomic E-state index is 0.139. The minimum atomic E-state index is -0.414. The summed E-state index contributed by atoms with van der Waals surface area (Å²) in [7, 11) is 3.39. The third kappa shape index (κ3) is 4.36. The number of anilines is 1. The molecule has 0 saturated carbocycles. The zero-order valence-corrected chi connectivity index (χ0v) is 19.1. The number of ether oxygens (including phenoxy) is 2. The van der Waals surface area contributed by atoms with Gasteiger partial charge in [-0.2, -0.15) is 4.98 Å². The van der Waals surface area contributed by atoms with Crippen LogP contribution in [0.2, 0.25) is 0 Å². The molecule has 0 bridgehead atoms. The molecule has 8 heteroatoms. The second-order valence-electron chi connectivity index (χ2n) is 7.44. The molecule has 3 aromatic rings. The molecule has 1 aliphatic rings. The third-order valence-corrected chi connectivity index (χ3v) is 6.31. The number of methoxy groups -OCH3 is 1. The first-order valence-electron chi connectivity index (χ1n) is 10.4. The SMILES string of the molecule is CCSc1nc(=O)c2c(n1C)NC(=O)CC2c1ccc(OCc2ccccc2)c(OC)c1. The van der Waals surface area contributed by atoms with E-state index in [1.54, 1.807) is 11.7 Å². The van der Waals surface area contributed by atoms with Crippen LogP contribution in [0, 0.1) is 0 Å². The summed E-state index contributed by atoms with van der Waals surface area (Å²) in [4.78, 5) is 29.7. The van der Waals surface area contributed by atoms with Crippen LogP contribution in [-0.2, 0) is 18.4 Å². The fourth-order valence-electron chi connectivity index (χ4n) is 3.83. The van der Waals surface area contributed by atoms with Crippen LogP contribution in [0.25, 0.3) is 0 Å². The summed E-state index contributed by atoms with van der Waals surface area (Å²) in [6.07, 6.45) is 0.164. The molecule has 32 heavy (non-hydrogen) atoms. The van der Waals surface area contributed by atoms with Gasteiger partial charge in [0.15, 0.2) is 16.7 Å². The lowest BCUT2D eigenvalue weighted by Crippen LogP contribution is -2.33. The first kappa shape index (κ1) is 22.0. The molecule has 1 amide bonds. The van der Waals surface area contributed by atoms with E-state index in [-0.39, 0.29) is 17.9 Å². The number of hydrogen-bond acceptors (Lipinski definition) is 6. The molecule has 7 nitrogen and oxygen atoms in total. The van der Waals surface area contributed by atoms with Crippen molar-refractivity contribution >= 4 is 23.5 Å². The van der Waals surface area contributed by atoms with Gasteiger partial charge < -0.3 is 19.4 Å². The van der Waals surface area contributed by atoms with Crippen molar-refractivity contribution in [2.24, 2.45) is 7.05 Å². The molecule has 0 radical (unpaired) electrons. The number of nitrogens with zero attached hydrogens (tertiary/aromatic N) is 2. The van der Waals surface area contributed by atoms with Crippen LogP contribution in [0.3, 0.4) is 0 Å². The highest BCUT2D eigenvalue weighted by atomic mass is 32.2. The Kier molecular flexibility index (Phi) is 6.50. The standard InChI is InChI=1S/C24H25N3O4S/c1-4-32-24-26-23(29)21-17(13-20(28)25-22(21)27(24)2)16-10-11-18(19(12-16)30-3)31-14-15-8-6-5-7-9-15/h5-12,17H,4,13-14H2,1-3H3,(H,25,28). The quantitative estimate of drug-likeness (QED) is 0.433. The average Bonchev–Trinajstić information content (AvgIpc) is 2.81. The molecule has 0 fully saturated rings. The molecule has 1 atom stereocenters. The van der Waals surface area contributed by atoms with Crippen molar-refractivity contribution in [3.63, 3.8) is 0 Å². The predicted molar refractivity (Wildman–Crippen MR) is 125 cm³/mol. The van der Waals surface area contributed by atoms with Crippen molar-refractivity contribution in [1.29, 1.82) is 0 Å². The van der Waals surface area contributed by atoms with Crippen LogP contribution in [-0.4, -0.2) is 28.3 Å². The number of carbonyl (C=O) groups excluding carboxylic acids is 1. The number of thioether (sulfide) groups is 1. The van der Waals surface area contributed by atoms with E-state index >= 15 is 0 Å². The summed E-state index contributed by atoms with van der Waals surface area (Å²) in [6.45, 7) is 2.40. The Morgan fingerprint density at radius 2 is 1.94 bits per heavy atom. The number of fused-ring (bicyclic) bond motifs is 1. The Morgan fingerprint density at radius 1 is 1.16 bits per heavy atom. The molecule has 2 aromatic carbocycles. The molecule has 1 aliphatic heterocycles. The molecule has 0 spiro atoms. The molecule has 0 aliphatic carbocycles. The third-order valence-electron chi connectivity index (χ3n) is 5.40. The summed E-state index contributed by atoms with van der Waals surface area (Å²) in [5, 5.41) is 3.44. The van der Waals surface area contributed by atoms with Crippen LogP contribution in [0.5, 0.6) is 11.5 Å². The van der Waals surface area contributed by atoms with Crippen molar-refractivity contribution in [3.8, 4) is 11.5 Å². The minimum Gasteiger partial charge on any atom is -0.493 e. The lowest BCUT2D eigenvalue weighted by Gasteiger charge is -2.27. The predicted octanol–water partition coefficient (Wildman–Crippen LogP) is 3.95. The van der Waals surface area contributed by atoms with Crippen LogP contribution in [0.1, 0.15) is 36.0 Å². The maximum absolute atomic E-state index is 12.9. The first-order valence-corrected chi connectivity index (χ1v) is 11.4. The van der Waals surface area contributed by atoms with E-state index in [0.717, 1.165) is 16.9 Å². The van der Waals surface area contributed by atoms with Gasteiger partial charge >= 0.3 is 0 Å². The summed E-state index contributed by atoms with van der Waals surface area (Å²) >= 11 is 1.46. The summed E-state index contributed by atoms with van der Waals surface area (Å²) in [6, 6.07) is 15.4. The maximum Gasteiger partial charge on any atom is 0.279 e. The Morgan fingerprint density at radius 3 is 2.66 bits per heavy atom. The zero-order chi connectivity index (χ0) is 22.7. The van der Waals surface area contributed by atoms with Gasteiger partial charge in [-0.05, 0) is 29.0 Å². The fourth-order valence-corrected chi connectivity index (χ4v) is 4.52. The van der Waals surface area contributed by atoms with Crippen LogP contribution in [0.4, 0.5) is 5.82 Å². The molecule has 1 N–H and O–H groups in total. The lowest BCUT2D eigenvalue weighted by molar-refractivity contribution is -0.116. The highest BCUT2D eigenvalue weighted by Crippen LogP contribution is 2.39. The molecular weight excluding hydrogens is 426 g/mol. The van der Waals surface area contributed by atoms with Crippen molar-refractivity contribution in [2.75, 3.05) is 18.2 Å². The van der Waals surface area contributed by atoms with E-state index in [1.165, 1.54) is 11.8 Å². The van der Waals surface area contributed by atoms with Gasteiger partial charge in [-0.1, -0.05) is 55.1 Å². The first-order chi connectivity index (χ1) is 15.5. The number of aromatic nitrogens is 2. The van der Waals surface area contributed by atoms with Crippen LogP contribution >= 0.6 is 11.8 Å². The van der Waals surface area contributed by atoms with E-state index < -0.39 is 5.92 Å². The highest BCUT2D eigenvalue weighted by Gasteiger charge is 2.32. The van der Waals surface area contributed by atoms with Crippen molar-refractivity contribution in [2.45, 2.75) is 31.0 Å². The zero-order valence-electron chi connectivity index (χ0n) is 18.3. The molecule has 1 unspecified atom stereocenters. The Hall–Kier alpha value is -3.26. The molecule has 4 rings (SSSR count). The normalized spacial score (nSPS) is 15.1. The fraction of sp³-hybridized carbons (Fsp3) is 0.292. The van der Waals surface area contributed by atoms with Gasteiger partial charge in [0.2, 0.25) is 5.91 Å². The van der Waals surface area contributed by atoms with Gasteiger partial charge in [0, 0.05) is 19.4 Å². The highest BCUT2D eigenvalue weighted by molar-refractivity contribution is 7.99. The number of rotatable bonds is 7. The largest absolute Gasteiger partial charge is 0.493 e.